The van der Waals surface area contributed by atoms with E-state index in [0.29, 0.717) is 0 Å². The summed E-state index contributed by atoms with van der Waals surface area (Å²) in [5, 5.41) is 3.51. The van der Waals surface area contributed by atoms with Gasteiger partial charge in [-0.2, -0.15) is 0 Å². The van der Waals surface area contributed by atoms with Gasteiger partial charge in [0.1, 0.15) is 0 Å². The van der Waals surface area contributed by atoms with Gasteiger partial charge in [-0.25, -0.2) is 0 Å². The van der Waals surface area contributed by atoms with Crippen LogP contribution in [-0.4, -0.2) is 4.98 Å². The molecule has 0 aliphatic carbocycles. The maximum atomic E-state index is 4.44. The van der Waals surface area contributed by atoms with Crippen LogP contribution in [0.4, 0.5) is 0 Å². The van der Waals surface area contributed by atoms with Crippen molar-refractivity contribution in [2.24, 2.45) is 0 Å². The minimum atomic E-state index is 0.978. The Morgan fingerprint density at radius 1 is 0.800 bits per heavy atom. The van der Waals surface area contributed by atoms with Gasteiger partial charge in [0, 0.05) is 21.9 Å². The van der Waals surface area contributed by atoms with Crippen molar-refractivity contribution >= 4 is 34.3 Å². The van der Waals surface area contributed by atoms with Crippen LogP contribution in [0.15, 0.2) is 53.6 Å². The highest BCUT2D eigenvalue weighted by Crippen LogP contribution is 2.27. The first-order chi connectivity index (χ1) is 7.36. The van der Waals surface area contributed by atoms with Crippen LogP contribution in [0.2, 0.25) is 0 Å². The summed E-state index contributed by atoms with van der Waals surface area (Å²) >= 11 is 4.44. The summed E-state index contributed by atoms with van der Waals surface area (Å²) in [4.78, 5) is 5.40. The number of hydrogen-bond acceptors (Lipinski definition) is 2. The van der Waals surface area contributed by atoms with Gasteiger partial charge in [-0.15, -0.1) is 12.6 Å². The van der Waals surface area contributed by atoms with Gasteiger partial charge in [0.05, 0.1) is 5.52 Å². The van der Waals surface area contributed by atoms with Crippen LogP contribution in [0.5, 0.6) is 0 Å². The highest BCUT2D eigenvalue weighted by atomic mass is 32.1. The number of benzene rings is 2. The van der Waals surface area contributed by atoms with E-state index in [1.807, 2.05) is 36.5 Å². The van der Waals surface area contributed by atoms with Gasteiger partial charge >= 0.3 is 0 Å². The first-order valence-electron chi connectivity index (χ1n) is 4.82. The quantitative estimate of drug-likeness (QED) is 0.442. The smallest absolute Gasteiger partial charge is 0.0708 e. The Morgan fingerprint density at radius 3 is 2.53 bits per heavy atom. The molecule has 0 bridgehead atoms. The summed E-state index contributed by atoms with van der Waals surface area (Å²) in [6.07, 6.45) is 1.89. The number of thiol groups is 1. The SMILES string of the molecule is Sc1cccc2c1cnc1ccccc12. The minimum Gasteiger partial charge on any atom is -0.256 e. The molecule has 2 heteroatoms. The molecule has 0 saturated heterocycles. The molecule has 0 atom stereocenters. The molecule has 3 rings (SSSR count). The van der Waals surface area contributed by atoms with Crippen LogP contribution in [-0.2, 0) is 0 Å². The Balaban J connectivity index is 2.60. The molecule has 72 valence electrons. The first kappa shape index (κ1) is 8.74. The van der Waals surface area contributed by atoms with Crippen molar-refractivity contribution in [3.63, 3.8) is 0 Å². The van der Waals surface area contributed by atoms with E-state index in [1.165, 1.54) is 10.8 Å². The van der Waals surface area contributed by atoms with Crippen molar-refractivity contribution in [3.05, 3.63) is 48.7 Å². The largest absolute Gasteiger partial charge is 0.256 e. The monoisotopic (exact) mass is 211 g/mol. The van der Waals surface area contributed by atoms with Crippen LogP contribution in [0, 0.1) is 0 Å². The fourth-order valence-electron chi connectivity index (χ4n) is 1.87. The maximum absolute atomic E-state index is 4.44. The third-order valence-electron chi connectivity index (χ3n) is 2.61. The van der Waals surface area contributed by atoms with Gasteiger partial charge in [-0.1, -0.05) is 30.3 Å². The molecule has 0 unspecified atom stereocenters. The summed E-state index contributed by atoms with van der Waals surface area (Å²) in [5.41, 5.74) is 1.03. The van der Waals surface area contributed by atoms with E-state index in [-0.39, 0.29) is 0 Å². The zero-order valence-corrected chi connectivity index (χ0v) is 8.91. The maximum Gasteiger partial charge on any atom is 0.0708 e. The average Bonchev–Trinajstić information content (AvgIpc) is 2.29. The number of nitrogens with zero attached hydrogens (tertiary/aromatic N) is 1. The molecule has 0 amide bonds. The van der Waals surface area contributed by atoms with E-state index in [0.717, 1.165) is 15.8 Å². The average molecular weight is 211 g/mol. The predicted octanol–water partition coefficient (Wildman–Crippen LogP) is 3.68. The van der Waals surface area contributed by atoms with E-state index in [9.17, 15) is 0 Å². The Hall–Kier alpha value is -1.54. The molecule has 0 spiro atoms. The lowest BCUT2D eigenvalue weighted by Crippen LogP contribution is -1.82. The lowest BCUT2D eigenvalue weighted by atomic mass is 10.1. The summed E-state index contributed by atoms with van der Waals surface area (Å²) in [6.45, 7) is 0. The molecule has 0 radical (unpaired) electrons. The highest BCUT2D eigenvalue weighted by Gasteiger charge is 2.02. The number of pyridine rings is 1. The van der Waals surface area contributed by atoms with Crippen molar-refractivity contribution < 1.29 is 0 Å². The number of para-hydroxylation sites is 1. The third kappa shape index (κ3) is 1.29. The molecule has 0 fully saturated rings. The molecule has 0 saturated carbocycles. The third-order valence-corrected chi connectivity index (χ3v) is 3.00. The lowest BCUT2D eigenvalue weighted by molar-refractivity contribution is 1.42. The van der Waals surface area contributed by atoms with E-state index < -0.39 is 0 Å². The van der Waals surface area contributed by atoms with Crippen LogP contribution in [0.25, 0.3) is 21.7 Å². The van der Waals surface area contributed by atoms with Gasteiger partial charge in [-0.05, 0) is 17.5 Å². The summed E-state index contributed by atoms with van der Waals surface area (Å²) in [6, 6.07) is 14.3. The van der Waals surface area contributed by atoms with E-state index in [1.54, 1.807) is 0 Å². The molecule has 3 aromatic rings. The van der Waals surface area contributed by atoms with Gasteiger partial charge in [0.25, 0.3) is 0 Å². The Bertz CT molecular complexity index is 646. The van der Waals surface area contributed by atoms with E-state index in [4.69, 9.17) is 0 Å². The van der Waals surface area contributed by atoms with Crippen molar-refractivity contribution in [2.75, 3.05) is 0 Å². The van der Waals surface area contributed by atoms with Crippen LogP contribution in [0.1, 0.15) is 0 Å². The van der Waals surface area contributed by atoms with Crippen LogP contribution >= 0.6 is 12.6 Å². The summed E-state index contributed by atoms with van der Waals surface area (Å²) in [7, 11) is 0. The van der Waals surface area contributed by atoms with Gasteiger partial charge in [0.15, 0.2) is 0 Å². The first-order valence-corrected chi connectivity index (χ1v) is 5.26. The Labute approximate surface area is 93.2 Å². The summed E-state index contributed by atoms with van der Waals surface area (Å²) in [5.74, 6) is 0. The lowest BCUT2D eigenvalue weighted by Gasteiger charge is -2.04. The number of hydrogen-bond donors (Lipinski definition) is 1. The minimum absolute atomic E-state index is 0.978. The molecule has 1 aromatic heterocycles. The van der Waals surface area contributed by atoms with Crippen molar-refractivity contribution in [3.8, 4) is 0 Å². The Kier molecular flexibility index (Phi) is 1.89. The molecule has 1 heterocycles. The van der Waals surface area contributed by atoms with Gasteiger partial charge in [0.2, 0.25) is 0 Å². The van der Waals surface area contributed by atoms with Crippen molar-refractivity contribution in [1.29, 1.82) is 0 Å². The molecular weight excluding hydrogens is 202 g/mol. The van der Waals surface area contributed by atoms with Gasteiger partial charge < -0.3 is 0 Å². The fraction of sp³-hybridized carbons (Fsp3) is 0. The van der Waals surface area contributed by atoms with E-state index in [2.05, 4.69) is 29.7 Å². The molecule has 0 N–H and O–H groups in total. The topological polar surface area (TPSA) is 12.9 Å². The number of aromatic nitrogens is 1. The molecule has 15 heavy (non-hydrogen) atoms. The zero-order valence-electron chi connectivity index (χ0n) is 8.01. The molecule has 0 aliphatic rings. The van der Waals surface area contributed by atoms with Crippen molar-refractivity contribution in [1.82, 2.24) is 4.98 Å². The van der Waals surface area contributed by atoms with E-state index >= 15 is 0 Å². The fourth-order valence-corrected chi connectivity index (χ4v) is 2.14. The zero-order chi connectivity index (χ0) is 10.3. The second kappa shape index (κ2) is 3.24. The van der Waals surface area contributed by atoms with Crippen LogP contribution in [0.3, 0.4) is 0 Å². The second-order valence-corrected chi connectivity index (χ2v) is 4.00. The number of fused-ring (bicyclic) bond motifs is 3. The van der Waals surface area contributed by atoms with Crippen LogP contribution < -0.4 is 0 Å². The molecule has 0 aliphatic heterocycles. The Morgan fingerprint density at radius 2 is 1.60 bits per heavy atom. The highest BCUT2D eigenvalue weighted by molar-refractivity contribution is 7.80. The number of rotatable bonds is 0. The molecule has 2 aromatic carbocycles. The van der Waals surface area contributed by atoms with Crippen molar-refractivity contribution in [2.45, 2.75) is 4.90 Å². The predicted molar refractivity (Wildman–Crippen MR) is 66.5 cm³/mol. The second-order valence-electron chi connectivity index (χ2n) is 3.51. The molecular formula is C13H9NS. The summed E-state index contributed by atoms with van der Waals surface area (Å²) < 4.78 is 0. The molecule has 1 nitrogen and oxygen atoms in total. The van der Waals surface area contributed by atoms with Gasteiger partial charge in [-0.3, -0.25) is 4.98 Å². The standard InChI is InChI=1S/C13H9NS/c15-13-7-3-5-9-10-4-1-2-6-12(10)14-8-11(9)13/h1-8,15H. The normalized spacial score (nSPS) is 11.0.